The molecule has 0 bridgehead atoms. The highest BCUT2D eigenvalue weighted by Crippen LogP contribution is 2.34. The fourth-order valence-electron chi connectivity index (χ4n) is 4.24. The van der Waals surface area contributed by atoms with Crippen LogP contribution in [-0.4, -0.2) is 59.9 Å². The molecule has 3 aliphatic rings. The molecule has 2 saturated heterocycles. The lowest BCUT2D eigenvalue weighted by Crippen LogP contribution is -2.52. The van der Waals surface area contributed by atoms with Crippen LogP contribution >= 0.6 is 0 Å². The minimum atomic E-state index is -2.39. The number of nitrogens with one attached hydrogen (secondary N) is 1. The standard InChI is InChI=1S/C25H27N3O5/c29-23-9-8-21(24(30)26-23)28-15-20-19(25(28)31)2-1-3-22(20)33-16-18-6-4-17(5-7-18)14-27-10-12-32-13-11-27/h1-7,21H,8-16H2,(H,26,29,30)/i3D,15D2. The summed E-state index contributed by atoms with van der Waals surface area (Å²) in [7, 11) is 0. The van der Waals surface area contributed by atoms with Crippen molar-refractivity contribution < 1.29 is 28.0 Å². The van der Waals surface area contributed by atoms with Crippen molar-refractivity contribution in [3.05, 3.63) is 64.7 Å². The molecule has 0 radical (unpaired) electrons. The van der Waals surface area contributed by atoms with E-state index in [2.05, 4.69) is 10.2 Å². The van der Waals surface area contributed by atoms with E-state index in [1.165, 1.54) is 12.1 Å². The number of piperidine rings is 1. The smallest absolute Gasteiger partial charge is 0.255 e. The van der Waals surface area contributed by atoms with E-state index in [4.69, 9.17) is 13.6 Å². The second-order valence-electron chi connectivity index (χ2n) is 8.34. The zero-order chi connectivity index (χ0) is 25.4. The second-order valence-corrected chi connectivity index (χ2v) is 8.34. The Labute approximate surface area is 196 Å². The molecule has 2 aromatic carbocycles. The summed E-state index contributed by atoms with van der Waals surface area (Å²) >= 11 is 0. The van der Waals surface area contributed by atoms with E-state index < -0.39 is 30.3 Å². The summed E-state index contributed by atoms with van der Waals surface area (Å²) in [5.74, 6) is -1.85. The van der Waals surface area contributed by atoms with Crippen molar-refractivity contribution in [3.8, 4) is 5.75 Å². The Hall–Kier alpha value is -3.23. The zero-order valence-corrected chi connectivity index (χ0v) is 18.1. The SMILES string of the molecule is [2H]c1ccc2c(c1OCc1ccc(CN3CCOCC3)cc1)C([2H])([2H])N(C1CCC(=O)NC1=O)C2=O. The molecule has 172 valence electrons. The summed E-state index contributed by atoms with van der Waals surface area (Å²) < 4.78 is 37.1. The summed E-state index contributed by atoms with van der Waals surface area (Å²) in [5, 5.41) is 2.18. The van der Waals surface area contributed by atoms with Crippen molar-refractivity contribution >= 4 is 17.7 Å². The molecule has 2 fully saturated rings. The number of nitrogens with zero attached hydrogens (tertiary/aromatic N) is 2. The van der Waals surface area contributed by atoms with Crippen LogP contribution in [0.4, 0.5) is 0 Å². The number of benzene rings is 2. The first-order chi connectivity index (χ1) is 17.3. The molecular weight excluding hydrogens is 422 g/mol. The Morgan fingerprint density at radius 1 is 1.12 bits per heavy atom. The molecule has 3 heterocycles. The molecule has 3 aliphatic heterocycles. The molecule has 33 heavy (non-hydrogen) atoms. The van der Waals surface area contributed by atoms with Crippen LogP contribution in [0.3, 0.4) is 0 Å². The number of hydrogen-bond acceptors (Lipinski definition) is 6. The topological polar surface area (TPSA) is 88.2 Å². The van der Waals surface area contributed by atoms with Crippen LogP contribution < -0.4 is 10.1 Å². The van der Waals surface area contributed by atoms with E-state index in [1.807, 2.05) is 24.3 Å². The van der Waals surface area contributed by atoms with Crippen LogP contribution in [0.25, 0.3) is 0 Å². The van der Waals surface area contributed by atoms with E-state index in [9.17, 15) is 14.4 Å². The highest BCUT2D eigenvalue weighted by molar-refractivity contribution is 6.05. The van der Waals surface area contributed by atoms with Gasteiger partial charge in [-0.05, 0) is 29.7 Å². The quantitative estimate of drug-likeness (QED) is 0.674. The lowest BCUT2D eigenvalue weighted by molar-refractivity contribution is -0.136. The maximum Gasteiger partial charge on any atom is 0.255 e. The molecule has 0 aliphatic carbocycles. The van der Waals surface area contributed by atoms with E-state index >= 15 is 0 Å². The average Bonchev–Trinajstić information content (AvgIpc) is 3.05. The van der Waals surface area contributed by atoms with Gasteiger partial charge < -0.3 is 14.4 Å². The van der Waals surface area contributed by atoms with Gasteiger partial charge in [0, 0.05) is 37.2 Å². The number of imide groups is 1. The Morgan fingerprint density at radius 3 is 2.64 bits per heavy atom. The molecule has 1 atom stereocenters. The van der Waals surface area contributed by atoms with E-state index in [-0.39, 0.29) is 42.4 Å². The summed E-state index contributed by atoms with van der Waals surface area (Å²) in [6, 6.07) is 9.48. The van der Waals surface area contributed by atoms with Gasteiger partial charge in [0.15, 0.2) is 0 Å². The van der Waals surface area contributed by atoms with Crippen LogP contribution in [0.5, 0.6) is 5.75 Å². The Kier molecular flexibility index (Phi) is 5.15. The maximum atomic E-state index is 13.2. The number of rotatable bonds is 6. The summed E-state index contributed by atoms with van der Waals surface area (Å²) in [6.07, 6.45) is 0.0474. The lowest BCUT2D eigenvalue weighted by Gasteiger charge is -2.29. The van der Waals surface area contributed by atoms with E-state index in [1.54, 1.807) is 0 Å². The Bertz CT molecular complexity index is 1200. The molecule has 0 aromatic heterocycles. The summed E-state index contributed by atoms with van der Waals surface area (Å²) in [6.45, 7) is 1.79. The number of morpholine rings is 1. The van der Waals surface area contributed by atoms with Crippen LogP contribution in [0.15, 0.2) is 42.4 Å². The molecule has 8 heteroatoms. The fourth-order valence-corrected chi connectivity index (χ4v) is 4.24. The lowest BCUT2D eigenvalue weighted by atomic mass is 10.0. The van der Waals surface area contributed by atoms with Crippen molar-refractivity contribution in [2.24, 2.45) is 0 Å². The van der Waals surface area contributed by atoms with Gasteiger partial charge >= 0.3 is 0 Å². The largest absolute Gasteiger partial charge is 0.489 e. The van der Waals surface area contributed by atoms with Crippen LogP contribution in [0.2, 0.25) is 0 Å². The summed E-state index contributed by atoms with van der Waals surface area (Å²) in [5.41, 5.74) is 1.99. The van der Waals surface area contributed by atoms with Gasteiger partial charge in [0.1, 0.15) is 18.4 Å². The normalized spacial score (nSPS) is 24.0. The number of carbonyl (C=O) groups excluding carboxylic acids is 3. The molecule has 0 spiro atoms. The average molecular weight is 453 g/mol. The number of hydrogen-bond donors (Lipinski definition) is 1. The Balaban J connectivity index is 1.34. The zero-order valence-electron chi connectivity index (χ0n) is 21.1. The third-order valence-electron chi connectivity index (χ3n) is 6.08. The van der Waals surface area contributed by atoms with Crippen LogP contribution in [0, 0.1) is 0 Å². The first-order valence-corrected chi connectivity index (χ1v) is 11.1. The number of amides is 3. The van der Waals surface area contributed by atoms with Crippen molar-refractivity contribution in [1.29, 1.82) is 0 Å². The van der Waals surface area contributed by atoms with Gasteiger partial charge in [-0.15, -0.1) is 0 Å². The van der Waals surface area contributed by atoms with Gasteiger partial charge in [-0.25, -0.2) is 0 Å². The predicted molar refractivity (Wildman–Crippen MR) is 119 cm³/mol. The van der Waals surface area contributed by atoms with Gasteiger partial charge in [0.05, 0.1) is 23.8 Å². The first kappa shape index (κ1) is 18.2. The molecule has 3 amide bonds. The third kappa shape index (κ3) is 4.62. The molecule has 1 unspecified atom stereocenters. The fraction of sp³-hybridized carbons (Fsp3) is 0.400. The molecule has 2 aromatic rings. The van der Waals surface area contributed by atoms with Gasteiger partial charge in [0.2, 0.25) is 11.8 Å². The van der Waals surface area contributed by atoms with Crippen LogP contribution in [-0.2, 0) is 34.0 Å². The second kappa shape index (κ2) is 9.33. The first-order valence-electron chi connectivity index (χ1n) is 12.6. The highest BCUT2D eigenvalue weighted by atomic mass is 16.5. The van der Waals surface area contributed by atoms with E-state index in [0.717, 1.165) is 48.9 Å². The van der Waals surface area contributed by atoms with Crippen LogP contribution in [0.1, 0.15) is 44.0 Å². The number of carbonyl (C=O) groups is 3. The predicted octanol–water partition coefficient (Wildman–Crippen LogP) is 1.86. The van der Waals surface area contributed by atoms with Gasteiger partial charge in [-0.1, -0.05) is 30.3 Å². The van der Waals surface area contributed by atoms with Crippen molar-refractivity contribution in [2.75, 3.05) is 26.3 Å². The number of fused-ring (bicyclic) bond motifs is 1. The highest BCUT2D eigenvalue weighted by Gasteiger charge is 2.40. The van der Waals surface area contributed by atoms with Crippen molar-refractivity contribution in [1.82, 2.24) is 15.1 Å². The van der Waals surface area contributed by atoms with Crippen molar-refractivity contribution in [2.45, 2.75) is 38.5 Å². The molecule has 1 N–H and O–H groups in total. The molecule has 0 saturated carbocycles. The molecule has 8 nitrogen and oxygen atoms in total. The minimum Gasteiger partial charge on any atom is -0.489 e. The molecular formula is C25H27N3O5. The maximum absolute atomic E-state index is 13.2. The van der Waals surface area contributed by atoms with E-state index in [0.29, 0.717) is 0 Å². The number of ether oxygens (including phenoxy) is 2. The summed E-state index contributed by atoms with van der Waals surface area (Å²) in [4.78, 5) is 40.3. The van der Waals surface area contributed by atoms with Gasteiger partial charge in [-0.2, -0.15) is 0 Å². The Morgan fingerprint density at radius 2 is 1.88 bits per heavy atom. The minimum absolute atomic E-state index is 0.0151. The van der Waals surface area contributed by atoms with Crippen molar-refractivity contribution in [3.63, 3.8) is 0 Å². The van der Waals surface area contributed by atoms with Gasteiger partial charge in [0.25, 0.3) is 5.91 Å². The van der Waals surface area contributed by atoms with Gasteiger partial charge in [-0.3, -0.25) is 24.6 Å². The molecule has 5 rings (SSSR count). The monoisotopic (exact) mass is 452 g/mol. The third-order valence-corrected chi connectivity index (χ3v) is 6.08.